The molecule has 2 aromatic carbocycles. The quantitative estimate of drug-likeness (QED) is 0.226. The van der Waals surface area contributed by atoms with Crippen LogP contribution in [0, 0.1) is 23.3 Å². The number of rotatable bonds is 4. The number of nitrogens with one attached hydrogen (secondary N) is 2. The van der Waals surface area contributed by atoms with E-state index in [0.717, 1.165) is 0 Å². The summed E-state index contributed by atoms with van der Waals surface area (Å²) in [6.45, 7) is 1.90. The van der Waals surface area contributed by atoms with Crippen molar-refractivity contribution in [2.45, 2.75) is 6.92 Å². The highest BCUT2D eigenvalue weighted by atomic mass is 79.9. The lowest BCUT2D eigenvalue weighted by molar-refractivity contribution is 0.0526. The fourth-order valence-electron chi connectivity index (χ4n) is 1.89. The van der Waals surface area contributed by atoms with Crippen molar-refractivity contribution in [3.8, 4) is 0 Å². The lowest BCUT2D eigenvalue weighted by Crippen LogP contribution is -2.21. The third-order valence-electron chi connectivity index (χ3n) is 3.10. The van der Waals surface area contributed by atoms with Gasteiger partial charge in [-0.3, -0.25) is 0 Å². The topological polar surface area (TPSA) is 50.4 Å². The van der Waals surface area contributed by atoms with Crippen LogP contribution >= 0.6 is 28.1 Å². The molecule has 0 unspecified atom stereocenters. The zero-order chi connectivity index (χ0) is 19.4. The highest BCUT2D eigenvalue weighted by Gasteiger charge is 2.24. The maximum absolute atomic E-state index is 13.8. The third kappa shape index (κ3) is 4.31. The first-order chi connectivity index (χ1) is 12.3. The average Bonchev–Trinajstić information content (AvgIpc) is 2.63. The van der Waals surface area contributed by atoms with Crippen LogP contribution in [-0.2, 0) is 4.74 Å². The predicted octanol–water partition coefficient (Wildman–Crippen LogP) is 4.99. The number of anilines is 2. The number of esters is 1. The Morgan fingerprint density at radius 2 is 1.58 bits per heavy atom. The van der Waals surface area contributed by atoms with Gasteiger partial charge >= 0.3 is 5.97 Å². The zero-order valence-electron chi connectivity index (χ0n) is 13.1. The molecule has 0 amide bonds. The molecular formula is C16H11BrF4N2O2S. The Bertz CT molecular complexity index is 833. The minimum atomic E-state index is -1.63. The minimum absolute atomic E-state index is 0.226. The van der Waals surface area contributed by atoms with Gasteiger partial charge in [0.15, 0.2) is 28.4 Å². The number of thiocarbonyl (C=S) groups is 1. The van der Waals surface area contributed by atoms with Gasteiger partial charge in [0.05, 0.1) is 16.6 Å². The first-order valence-corrected chi connectivity index (χ1v) is 8.33. The highest BCUT2D eigenvalue weighted by molar-refractivity contribution is 9.10. The Labute approximate surface area is 159 Å². The molecule has 0 atom stereocenters. The molecule has 0 aliphatic carbocycles. The molecule has 0 bridgehead atoms. The summed E-state index contributed by atoms with van der Waals surface area (Å²) in [5.74, 6) is -6.94. The number of halogens is 5. The second-order valence-electron chi connectivity index (χ2n) is 4.82. The van der Waals surface area contributed by atoms with Gasteiger partial charge in [-0.1, -0.05) is 0 Å². The summed E-state index contributed by atoms with van der Waals surface area (Å²) in [4.78, 5) is 11.5. The number of carbonyl (C=O) groups is 1. The second kappa shape index (κ2) is 8.45. The van der Waals surface area contributed by atoms with Crippen LogP contribution in [0.3, 0.4) is 0 Å². The molecule has 2 rings (SSSR count). The maximum Gasteiger partial charge on any atom is 0.338 e. The van der Waals surface area contributed by atoms with E-state index in [9.17, 15) is 22.4 Å². The molecule has 0 spiro atoms. The number of hydrogen-bond acceptors (Lipinski definition) is 3. The van der Waals surface area contributed by atoms with Crippen LogP contribution in [0.15, 0.2) is 28.7 Å². The fourth-order valence-corrected chi connectivity index (χ4v) is 2.46. The van der Waals surface area contributed by atoms with E-state index >= 15 is 0 Å². The first-order valence-electron chi connectivity index (χ1n) is 7.12. The summed E-state index contributed by atoms with van der Waals surface area (Å²) < 4.78 is 58.5. The van der Waals surface area contributed by atoms with E-state index in [0.29, 0.717) is 11.3 Å². The monoisotopic (exact) mass is 450 g/mol. The van der Waals surface area contributed by atoms with Crippen LogP contribution in [0.4, 0.5) is 28.9 Å². The summed E-state index contributed by atoms with van der Waals surface area (Å²) in [6.07, 6.45) is 0. The molecule has 0 saturated carbocycles. The number of benzene rings is 2. The summed E-state index contributed by atoms with van der Waals surface area (Å²) in [5, 5.41) is 4.33. The van der Waals surface area contributed by atoms with Crippen LogP contribution in [0.2, 0.25) is 0 Å². The molecule has 26 heavy (non-hydrogen) atoms. The maximum atomic E-state index is 13.8. The van der Waals surface area contributed by atoms with E-state index in [4.69, 9.17) is 17.0 Å². The number of carbonyl (C=O) groups excluding carboxylic acids is 1. The molecule has 138 valence electrons. The largest absolute Gasteiger partial charge is 0.462 e. The fraction of sp³-hybridized carbons (Fsp3) is 0.125. The van der Waals surface area contributed by atoms with Gasteiger partial charge in [-0.15, -0.1) is 0 Å². The molecular weight excluding hydrogens is 440 g/mol. The molecule has 10 heteroatoms. The van der Waals surface area contributed by atoms with Crippen LogP contribution in [0.5, 0.6) is 0 Å². The molecule has 0 aromatic heterocycles. The molecule has 2 aromatic rings. The molecule has 0 radical (unpaired) electrons. The number of ether oxygens (including phenoxy) is 1. The van der Waals surface area contributed by atoms with Crippen LogP contribution in [0.25, 0.3) is 0 Å². The summed E-state index contributed by atoms with van der Waals surface area (Å²) in [6, 6.07) is 5.83. The van der Waals surface area contributed by atoms with Crippen molar-refractivity contribution in [2.75, 3.05) is 17.2 Å². The Morgan fingerprint density at radius 1 is 1.04 bits per heavy atom. The van der Waals surface area contributed by atoms with Crippen molar-refractivity contribution < 1.29 is 27.1 Å². The molecule has 2 N–H and O–H groups in total. The van der Waals surface area contributed by atoms with Crippen molar-refractivity contribution in [1.29, 1.82) is 0 Å². The molecule has 0 aliphatic rings. The van der Waals surface area contributed by atoms with Gasteiger partial charge in [0, 0.05) is 5.69 Å². The smallest absolute Gasteiger partial charge is 0.338 e. The summed E-state index contributed by atoms with van der Waals surface area (Å²) in [7, 11) is 0. The van der Waals surface area contributed by atoms with Crippen LogP contribution < -0.4 is 10.6 Å². The minimum Gasteiger partial charge on any atom is -0.462 e. The molecule has 0 aliphatic heterocycles. The highest BCUT2D eigenvalue weighted by Crippen LogP contribution is 2.31. The van der Waals surface area contributed by atoms with Gasteiger partial charge in [0.25, 0.3) is 0 Å². The molecule has 0 fully saturated rings. The average molecular weight is 451 g/mol. The normalized spacial score (nSPS) is 10.4. The van der Waals surface area contributed by atoms with Crippen molar-refractivity contribution in [3.63, 3.8) is 0 Å². The van der Waals surface area contributed by atoms with Crippen LogP contribution in [-0.4, -0.2) is 17.7 Å². The van der Waals surface area contributed by atoms with E-state index in [1.54, 1.807) is 6.92 Å². The lowest BCUT2D eigenvalue weighted by Gasteiger charge is -2.13. The molecule has 0 heterocycles. The van der Waals surface area contributed by atoms with Gasteiger partial charge in [0.1, 0.15) is 5.69 Å². The Kier molecular flexibility index (Phi) is 6.54. The zero-order valence-corrected chi connectivity index (χ0v) is 15.5. The van der Waals surface area contributed by atoms with Crippen molar-refractivity contribution >= 4 is 50.6 Å². The van der Waals surface area contributed by atoms with E-state index in [2.05, 4.69) is 26.6 Å². The summed E-state index contributed by atoms with van der Waals surface area (Å²) >= 11 is 7.30. The standard InChI is InChI=1S/C16H11BrF4N2O2S/c1-2-25-15(24)7-3-5-8(6-4-7)22-16(26)23-14-12(20)10(18)9(17)11(19)13(14)21/h3-6H,2H2,1H3,(H2,22,23,26). The third-order valence-corrected chi connectivity index (χ3v) is 4.00. The Balaban J connectivity index is 2.14. The summed E-state index contributed by atoms with van der Waals surface area (Å²) in [5.41, 5.74) is -0.399. The van der Waals surface area contributed by atoms with Gasteiger partial charge in [-0.2, -0.15) is 0 Å². The van der Waals surface area contributed by atoms with E-state index in [1.165, 1.54) is 24.3 Å². The van der Waals surface area contributed by atoms with Gasteiger partial charge in [-0.25, -0.2) is 22.4 Å². The van der Waals surface area contributed by atoms with E-state index in [1.807, 2.05) is 0 Å². The van der Waals surface area contributed by atoms with Crippen LogP contribution in [0.1, 0.15) is 17.3 Å². The van der Waals surface area contributed by atoms with Crippen molar-refractivity contribution in [3.05, 3.63) is 57.6 Å². The van der Waals surface area contributed by atoms with E-state index in [-0.39, 0.29) is 11.7 Å². The SMILES string of the molecule is CCOC(=O)c1ccc(NC(=S)Nc2c(F)c(F)c(Br)c(F)c2F)cc1. The molecule has 0 saturated heterocycles. The predicted molar refractivity (Wildman–Crippen MR) is 96.2 cm³/mol. The van der Waals surface area contributed by atoms with Gasteiger partial charge in [0.2, 0.25) is 0 Å². The Hall–Kier alpha value is -2.20. The van der Waals surface area contributed by atoms with Gasteiger partial charge < -0.3 is 15.4 Å². The second-order valence-corrected chi connectivity index (χ2v) is 6.02. The van der Waals surface area contributed by atoms with Gasteiger partial charge in [-0.05, 0) is 59.3 Å². The molecule has 4 nitrogen and oxygen atoms in total. The Morgan fingerprint density at radius 3 is 2.08 bits per heavy atom. The van der Waals surface area contributed by atoms with Crippen molar-refractivity contribution in [1.82, 2.24) is 0 Å². The van der Waals surface area contributed by atoms with E-state index < -0.39 is 39.4 Å². The lowest BCUT2D eigenvalue weighted by atomic mass is 10.2. The van der Waals surface area contributed by atoms with Crippen molar-refractivity contribution in [2.24, 2.45) is 0 Å². The first kappa shape index (κ1) is 20.1. The number of hydrogen-bond donors (Lipinski definition) is 2.